The van der Waals surface area contributed by atoms with Crippen molar-refractivity contribution in [2.45, 2.75) is 51.0 Å². The van der Waals surface area contributed by atoms with Gasteiger partial charge in [-0.25, -0.2) is 8.42 Å². The average Bonchev–Trinajstić information content (AvgIpc) is 2.75. The van der Waals surface area contributed by atoms with Gasteiger partial charge in [0.05, 0.1) is 4.90 Å². The van der Waals surface area contributed by atoms with Crippen LogP contribution in [0.2, 0.25) is 0 Å². The monoisotopic (exact) mass is 450 g/mol. The van der Waals surface area contributed by atoms with E-state index in [1.165, 1.54) is 0 Å². The van der Waals surface area contributed by atoms with Crippen LogP contribution in [0.5, 0.6) is 0 Å². The van der Waals surface area contributed by atoms with Gasteiger partial charge in [0.25, 0.3) is 0 Å². The quantitative estimate of drug-likeness (QED) is 0.510. The molecule has 0 aromatic heterocycles. The summed E-state index contributed by atoms with van der Waals surface area (Å²) in [6, 6.07) is 20.9. The van der Waals surface area contributed by atoms with Crippen molar-refractivity contribution in [2.24, 2.45) is 0 Å². The minimum atomic E-state index is -3.88. The van der Waals surface area contributed by atoms with E-state index in [2.05, 4.69) is 23.9 Å². The molecule has 5 nitrogen and oxygen atoms in total. The van der Waals surface area contributed by atoms with Crippen molar-refractivity contribution in [2.75, 3.05) is 5.32 Å². The van der Waals surface area contributed by atoms with Gasteiger partial charge in [-0.3, -0.25) is 4.79 Å². The molecule has 3 aromatic carbocycles. The first-order chi connectivity index (χ1) is 15.2. The van der Waals surface area contributed by atoms with Gasteiger partial charge in [-0.15, -0.1) is 0 Å². The van der Waals surface area contributed by atoms with Gasteiger partial charge >= 0.3 is 0 Å². The number of rotatable bonds is 8. The van der Waals surface area contributed by atoms with E-state index in [0.717, 1.165) is 27.9 Å². The first-order valence-corrected chi connectivity index (χ1v) is 12.2. The highest BCUT2D eigenvalue weighted by molar-refractivity contribution is 7.89. The predicted molar refractivity (Wildman–Crippen MR) is 129 cm³/mol. The molecule has 0 spiro atoms. The molecule has 32 heavy (non-hydrogen) atoms. The molecule has 0 saturated carbocycles. The van der Waals surface area contributed by atoms with Crippen molar-refractivity contribution in [3.8, 4) is 0 Å². The number of nitrogens with one attached hydrogen (secondary N) is 2. The second-order valence-electron chi connectivity index (χ2n) is 8.36. The van der Waals surface area contributed by atoms with E-state index in [4.69, 9.17) is 0 Å². The maximum atomic E-state index is 13.4. The summed E-state index contributed by atoms with van der Waals surface area (Å²) in [4.78, 5) is 13.5. The van der Waals surface area contributed by atoms with Crippen LogP contribution < -0.4 is 10.0 Å². The van der Waals surface area contributed by atoms with Gasteiger partial charge in [0.2, 0.25) is 15.9 Å². The molecule has 1 atom stereocenters. The molecule has 0 saturated heterocycles. The summed E-state index contributed by atoms with van der Waals surface area (Å²) >= 11 is 0. The van der Waals surface area contributed by atoms with Crippen LogP contribution in [0.1, 0.15) is 42.0 Å². The molecule has 3 aromatic rings. The molecule has 0 fully saturated rings. The zero-order chi connectivity index (χ0) is 23.3. The molecule has 168 valence electrons. The van der Waals surface area contributed by atoms with Crippen molar-refractivity contribution in [3.05, 3.63) is 95.1 Å². The van der Waals surface area contributed by atoms with Gasteiger partial charge in [0.1, 0.15) is 6.04 Å². The lowest BCUT2D eigenvalue weighted by Gasteiger charge is -2.22. The van der Waals surface area contributed by atoms with Crippen LogP contribution in [-0.4, -0.2) is 20.4 Å². The molecule has 0 heterocycles. The number of carbonyl (C=O) groups is 1. The summed E-state index contributed by atoms with van der Waals surface area (Å²) in [5, 5.41) is 3.00. The molecule has 0 aliphatic carbocycles. The molecule has 2 N–H and O–H groups in total. The Morgan fingerprint density at radius 2 is 1.53 bits per heavy atom. The highest BCUT2D eigenvalue weighted by Crippen LogP contribution is 2.27. The fraction of sp³-hybridized carbons (Fsp3) is 0.269. The minimum absolute atomic E-state index is 0.132. The zero-order valence-corrected chi connectivity index (χ0v) is 19.7. The van der Waals surface area contributed by atoms with Crippen LogP contribution in [-0.2, 0) is 21.2 Å². The normalized spacial score (nSPS) is 12.5. The van der Waals surface area contributed by atoms with E-state index in [0.29, 0.717) is 0 Å². The summed E-state index contributed by atoms with van der Waals surface area (Å²) in [6.07, 6.45) is 0.237. The smallest absolute Gasteiger partial charge is 0.242 e. The number of hydrogen-bond donors (Lipinski definition) is 2. The third-order valence-electron chi connectivity index (χ3n) is 5.40. The fourth-order valence-corrected chi connectivity index (χ4v) is 4.76. The van der Waals surface area contributed by atoms with Gasteiger partial charge in [0, 0.05) is 5.69 Å². The number of para-hydroxylation sites is 1. The standard InChI is InChI=1S/C26H30N2O3S/c1-18(2)23-12-8-9-20(4)25(23)27-26(29)24(17-21-10-6-5-7-11-21)28-32(30,31)22-15-13-19(3)14-16-22/h5-16,18,24,28H,17H2,1-4H3,(H,27,29)/t24-/m0/s1. The largest absolute Gasteiger partial charge is 0.324 e. The molecule has 3 rings (SSSR count). The number of sulfonamides is 1. The van der Waals surface area contributed by atoms with E-state index in [1.807, 2.05) is 62.4 Å². The van der Waals surface area contributed by atoms with E-state index in [1.54, 1.807) is 24.3 Å². The van der Waals surface area contributed by atoms with Gasteiger partial charge in [0.15, 0.2) is 0 Å². The van der Waals surface area contributed by atoms with E-state index in [9.17, 15) is 13.2 Å². The average molecular weight is 451 g/mol. The van der Waals surface area contributed by atoms with Crippen molar-refractivity contribution < 1.29 is 13.2 Å². The zero-order valence-electron chi connectivity index (χ0n) is 18.9. The number of amides is 1. The highest BCUT2D eigenvalue weighted by Gasteiger charge is 2.27. The topological polar surface area (TPSA) is 75.3 Å². The predicted octanol–water partition coefficient (Wildman–Crippen LogP) is 4.96. The Bertz CT molecular complexity index is 1170. The Balaban J connectivity index is 1.93. The Morgan fingerprint density at radius 1 is 0.875 bits per heavy atom. The van der Waals surface area contributed by atoms with E-state index >= 15 is 0 Å². The summed E-state index contributed by atoms with van der Waals surface area (Å²) in [6.45, 7) is 7.95. The Hall–Kier alpha value is -2.96. The van der Waals surface area contributed by atoms with Crippen LogP contribution >= 0.6 is 0 Å². The Labute approximate surface area is 190 Å². The Morgan fingerprint density at radius 3 is 2.16 bits per heavy atom. The molecule has 6 heteroatoms. The van der Waals surface area contributed by atoms with Crippen LogP contribution in [0, 0.1) is 13.8 Å². The molecule has 0 aliphatic heterocycles. The lowest BCUT2D eigenvalue weighted by atomic mass is 9.97. The SMILES string of the molecule is Cc1ccc(S(=O)(=O)N[C@@H](Cc2ccccc2)C(=O)Nc2c(C)cccc2C(C)C)cc1. The van der Waals surface area contributed by atoms with Crippen LogP contribution in [0.15, 0.2) is 77.7 Å². The number of hydrogen-bond acceptors (Lipinski definition) is 3. The number of carbonyl (C=O) groups excluding carboxylic acids is 1. The van der Waals surface area contributed by atoms with Gasteiger partial charge < -0.3 is 5.32 Å². The summed E-state index contributed by atoms with van der Waals surface area (Å²) < 4.78 is 28.7. The lowest BCUT2D eigenvalue weighted by Crippen LogP contribution is -2.45. The fourth-order valence-electron chi connectivity index (χ4n) is 3.56. The molecule has 1 amide bonds. The van der Waals surface area contributed by atoms with Gasteiger partial charge in [-0.2, -0.15) is 4.72 Å². The van der Waals surface area contributed by atoms with Crippen molar-refractivity contribution in [1.29, 1.82) is 0 Å². The molecular formula is C26H30N2O3S. The second kappa shape index (κ2) is 10.1. The highest BCUT2D eigenvalue weighted by atomic mass is 32.2. The third-order valence-corrected chi connectivity index (χ3v) is 6.89. The molecule has 0 radical (unpaired) electrons. The van der Waals surface area contributed by atoms with Crippen molar-refractivity contribution in [3.63, 3.8) is 0 Å². The first kappa shape index (κ1) is 23.7. The minimum Gasteiger partial charge on any atom is -0.324 e. The maximum absolute atomic E-state index is 13.4. The number of anilines is 1. The summed E-state index contributed by atoms with van der Waals surface area (Å²) in [5.74, 6) is -0.178. The summed E-state index contributed by atoms with van der Waals surface area (Å²) in [7, 11) is -3.88. The van der Waals surface area contributed by atoms with Crippen molar-refractivity contribution in [1.82, 2.24) is 4.72 Å². The molecular weight excluding hydrogens is 420 g/mol. The van der Waals surface area contributed by atoms with Crippen LogP contribution in [0.25, 0.3) is 0 Å². The number of benzene rings is 3. The second-order valence-corrected chi connectivity index (χ2v) is 10.1. The van der Waals surface area contributed by atoms with Crippen LogP contribution in [0.4, 0.5) is 5.69 Å². The van der Waals surface area contributed by atoms with Crippen molar-refractivity contribution >= 4 is 21.6 Å². The third kappa shape index (κ3) is 5.84. The molecule has 0 aliphatic rings. The Kier molecular flexibility index (Phi) is 7.48. The van der Waals surface area contributed by atoms with Crippen LogP contribution in [0.3, 0.4) is 0 Å². The first-order valence-electron chi connectivity index (χ1n) is 10.7. The summed E-state index contributed by atoms with van der Waals surface area (Å²) in [5.41, 5.74) is 4.51. The maximum Gasteiger partial charge on any atom is 0.242 e. The van der Waals surface area contributed by atoms with Gasteiger partial charge in [-0.05, 0) is 55.0 Å². The van der Waals surface area contributed by atoms with Gasteiger partial charge in [-0.1, -0.05) is 80.1 Å². The molecule has 0 bridgehead atoms. The number of aryl methyl sites for hydroxylation is 2. The molecule has 0 unspecified atom stereocenters. The van der Waals surface area contributed by atoms with E-state index < -0.39 is 16.1 Å². The lowest BCUT2D eigenvalue weighted by molar-refractivity contribution is -0.117. The van der Waals surface area contributed by atoms with E-state index in [-0.39, 0.29) is 23.1 Å².